The van der Waals surface area contributed by atoms with Crippen molar-refractivity contribution >= 4 is 40.0 Å². The number of nitrogens with zero attached hydrogens (tertiary/aromatic N) is 3. The largest absolute Gasteiger partial charge is 0.357 e. The summed E-state index contributed by atoms with van der Waals surface area (Å²) in [6, 6.07) is 6.90. The maximum Gasteiger partial charge on any atom is 0.261 e. The summed E-state index contributed by atoms with van der Waals surface area (Å²) in [5, 5.41) is 11.9. The minimum atomic E-state index is -0.225. The normalized spacial score (nSPS) is 13.3. The van der Waals surface area contributed by atoms with Crippen molar-refractivity contribution in [3.05, 3.63) is 48.0 Å². The molecule has 3 rings (SSSR count). The van der Waals surface area contributed by atoms with Gasteiger partial charge in [0.25, 0.3) is 11.8 Å². The molecular formula is C15H14N4O2S2. The molecule has 0 saturated carbocycles. The summed E-state index contributed by atoms with van der Waals surface area (Å²) in [6.45, 7) is 4.61. The highest BCUT2D eigenvalue weighted by atomic mass is 32.2. The maximum atomic E-state index is 12.2. The van der Waals surface area contributed by atoms with Crippen molar-refractivity contribution in [2.45, 2.75) is 4.34 Å². The predicted molar refractivity (Wildman–Crippen MR) is 91.1 cm³/mol. The molecule has 2 heterocycles. The minimum Gasteiger partial charge on any atom is -0.357 e. The van der Waals surface area contributed by atoms with E-state index in [1.807, 2.05) is 0 Å². The summed E-state index contributed by atoms with van der Waals surface area (Å²) in [6.07, 6.45) is 1.75. The molecule has 1 aliphatic rings. The molecule has 0 aliphatic carbocycles. The van der Waals surface area contributed by atoms with E-state index in [1.165, 1.54) is 28.0 Å². The molecule has 1 aliphatic heterocycles. The molecule has 23 heavy (non-hydrogen) atoms. The van der Waals surface area contributed by atoms with Crippen molar-refractivity contribution in [2.75, 3.05) is 24.2 Å². The van der Waals surface area contributed by atoms with Crippen LogP contribution in [0.15, 0.2) is 41.3 Å². The number of carbonyl (C=O) groups excluding carboxylic acids is 2. The van der Waals surface area contributed by atoms with E-state index in [4.69, 9.17) is 0 Å². The summed E-state index contributed by atoms with van der Waals surface area (Å²) in [4.78, 5) is 25.7. The van der Waals surface area contributed by atoms with Gasteiger partial charge in [0.2, 0.25) is 5.13 Å². The molecule has 2 amide bonds. The fourth-order valence-electron chi connectivity index (χ4n) is 2.17. The van der Waals surface area contributed by atoms with Crippen LogP contribution in [0.2, 0.25) is 0 Å². The Balaban J connectivity index is 1.55. The van der Waals surface area contributed by atoms with Gasteiger partial charge in [-0.15, -0.1) is 16.8 Å². The van der Waals surface area contributed by atoms with Crippen LogP contribution in [0.3, 0.4) is 0 Å². The van der Waals surface area contributed by atoms with Crippen LogP contribution < -0.4 is 5.32 Å². The van der Waals surface area contributed by atoms with Gasteiger partial charge in [-0.3, -0.25) is 14.5 Å². The Kier molecular flexibility index (Phi) is 4.73. The van der Waals surface area contributed by atoms with Crippen LogP contribution in [0.5, 0.6) is 0 Å². The van der Waals surface area contributed by atoms with Crippen LogP contribution >= 0.6 is 23.1 Å². The lowest BCUT2D eigenvalue weighted by Crippen LogP contribution is -2.31. The second-order valence-electron chi connectivity index (χ2n) is 4.70. The van der Waals surface area contributed by atoms with Crippen molar-refractivity contribution in [1.82, 2.24) is 15.1 Å². The number of aromatic nitrogens is 2. The molecule has 0 unspecified atom stereocenters. The third kappa shape index (κ3) is 3.27. The molecule has 1 N–H and O–H groups in total. The second-order valence-corrected chi connectivity index (χ2v) is 7.02. The lowest BCUT2D eigenvalue weighted by molar-refractivity contribution is 0.0664. The molecular weight excluding hydrogens is 332 g/mol. The number of rotatable bonds is 7. The van der Waals surface area contributed by atoms with E-state index in [0.29, 0.717) is 30.0 Å². The quantitative estimate of drug-likeness (QED) is 0.472. The fraction of sp³-hybridized carbons (Fsp3) is 0.200. The van der Waals surface area contributed by atoms with Gasteiger partial charge in [-0.1, -0.05) is 41.3 Å². The topological polar surface area (TPSA) is 75.2 Å². The van der Waals surface area contributed by atoms with Crippen LogP contribution in [-0.4, -0.2) is 45.8 Å². The van der Waals surface area contributed by atoms with E-state index in [9.17, 15) is 9.59 Å². The van der Waals surface area contributed by atoms with Crippen molar-refractivity contribution < 1.29 is 9.59 Å². The Labute approximate surface area is 141 Å². The summed E-state index contributed by atoms with van der Waals surface area (Å²) in [7, 11) is 0. The summed E-state index contributed by atoms with van der Waals surface area (Å²) in [5.41, 5.74) is 0.962. The van der Waals surface area contributed by atoms with Crippen LogP contribution in [0, 0.1) is 0 Å². The van der Waals surface area contributed by atoms with Crippen LogP contribution in [0.1, 0.15) is 20.7 Å². The fourth-order valence-corrected chi connectivity index (χ4v) is 3.92. The highest BCUT2D eigenvalue weighted by Crippen LogP contribution is 2.27. The van der Waals surface area contributed by atoms with Gasteiger partial charge in [-0.2, -0.15) is 0 Å². The Morgan fingerprint density at radius 1 is 1.22 bits per heavy atom. The van der Waals surface area contributed by atoms with Gasteiger partial charge in [0.05, 0.1) is 11.1 Å². The Bertz CT molecular complexity index is 724. The second kappa shape index (κ2) is 6.93. The van der Waals surface area contributed by atoms with E-state index in [-0.39, 0.29) is 11.8 Å². The van der Waals surface area contributed by atoms with E-state index < -0.39 is 0 Å². The number of nitrogens with one attached hydrogen (secondary N) is 1. The monoisotopic (exact) mass is 346 g/mol. The molecule has 118 valence electrons. The first-order valence-corrected chi connectivity index (χ1v) is 8.77. The number of amides is 2. The molecule has 0 atom stereocenters. The summed E-state index contributed by atoms with van der Waals surface area (Å²) < 4.78 is 0.799. The van der Waals surface area contributed by atoms with Crippen LogP contribution in [0.4, 0.5) is 5.13 Å². The lowest BCUT2D eigenvalue weighted by Gasteiger charge is -2.12. The average Bonchev–Trinajstić information content (AvgIpc) is 3.12. The standard InChI is InChI=1S/C15H14N4O2S2/c1-2-7-16-14-17-18-15(23-14)22-9-8-19-12(20)10-5-3-4-6-11(10)13(19)21/h2-6H,1,7-9H2,(H,16,17). The number of hydrogen-bond donors (Lipinski definition) is 1. The molecule has 0 saturated heterocycles. The number of anilines is 1. The van der Waals surface area contributed by atoms with Crippen molar-refractivity contribution in [3.8, 4) is 0 Å². The molecule has 8 heteroatoms. The Morgan fingerprint density at radius 2 is 1.91 bits per heavy atom. The molecule has 0 spiro atoms. The highest BCUT2D eigenvalue weighted by Gasteiger charge is 2.34. The molecule has 6 nitrogen and oxygen atoms in total. The third-order valence-corrected chi connectivity index (χ3v) is 5.22. The zero-order valence-corrected chi connectivity index (χ0v) is 13.8. The number of hydrogen-bond acceptors (Lipinski definition) is 7. The van der Waals surface area contributed by atoms with Crippen molar-refractivity contribution in [2.24, 2.45) is 0 Å². The lowest BCUT2D eigenvalue weighted by atomic mass is 10.1. The summed E-state index contributed by atoms with van der Waals surface area (Å²) in [5.74, 6) is 0.135. The number of thioether (sulfide) groups is 1. The predicted octanol–water partition coefficient (Wildman–Crippen LogP) is 2.52. The SMILES string of the molecule is C=CCNc1nnc(SCCN2C(=O)c3ccccc3C2=O)s1. The first-order chi connectivity index (χ1) is 11.2. The number of fused-ring (bicyclic) bond motifs is 1. The van der Waals surface area contributed by atoms with Crippen LogP contribution in [-0.2, 0) is 0 Å². The van der Waals surface area contributed by atoms with E-state index in [0.717, 1.165) is 9.47 Å². The molecule has 0 fully saturated rings. The zero-order valence-electron chi connectivity index (χ0n) is 12.2. The minimum absolute atomic E-state index is 0.225. The van der Waals surface area contributed by atoms with Crippen LogP contribution in [0.25, 0.3) is 0 Å². The zero-order chi connectivity index (χ0) is 16.2. The number of imide groups is 1. The van der Waals surface area contributed by atoms with Gasteiger partial charge in [0.15, 0.2) is 4.34 Å². The third-order valence-electron chi connectivity index (χ3n) is 3.22. The first kappa shape index (κ1) is 15.7. The average molecular weight is 346 g/mol. The van der Waals surface area contributed by atoms with Gasteiger partial charge in [0.1, 0.15) is 0 Å². The first-order valence-electron chi connectivity index (χ1n) is 6.97. The van der Waals surface area contributed by atoms with E-state index in [2.05, 4.69) is 22.1 Å². The summed E-state index contributed by atoms with van der Waals surface area (Å²) >= 11 is 2.92. The maximum absolute atomic E-state index is 12.2. The molecule has 0 radical (unpaired) electrons. The molecule has 0 bridgehead atoms. The molecule has 1 aromatic heterocycles. The van der Waals surface area contributed by atoms with Gasteiger partial charge in [0, 0.05) is 18.8 Å². The molecule has 2 aromatic rings. The number of carbonyl (C=O) groups is 2. The highest BCUT2D eigenvalue weighted by molar-refractivity contribution is 8.01. The molecule has 1 aromatic carbocycles. The Hall–Kier alpha value is -2.19. The van der Waals surface area contributed by atoms with Gasteiger partial charge in [-0.05, 0) is 12.1 Å². The van der Waals surface area contributed by atoms with E-state index in [1.54, 1.807) is 30.3 Å². The van der Waals surface area contributed by atoms with Gasteiger partial charge in [-0.25, -0.2) is 0 Å². The number of benzene rings is 1. The van der Waals surface area contributed by atoms with Crippen molar-refractivity contribution in [3.63, 3.8) is 0 Å². The smallest absolute Gasteiger partial charge is 0.261 e. The van der Waals surface area contributed by atoms with Crippen molar-refractivity contribution in [1.29, 1.82) is 0 Å². The van der Waals surface area contributed by atoms with E-state index >= 15 is 0 Å². The van der Waals surface area contributed by atoms with Gasteiger partial charge < -0.3 is 5.32 Å². The Morgan fingerprint density at radius 3 is 2.57 bits per heavy atom. The van der Waals surface area contributed by atoms with Gasteiger partial charge >= 0.3 is 0 Å².